The van der Waals surface area contributed by atoms with Gasteiger partial charge in [0.2, 0.25) is 0 Å². The second kappa shape index (κ2) is 4.16. The van der Waals surface area contributed by atoms with Crippen LogP contribution in [-0.2, 0) is 0 Å². The van der Waals surface area contributed by atoms with Crippen LogP contribution < -0.4 is 5.32 Å². The summed E-state index contributed by atoms with van der Waals surface area (Å²) in [5.74, 6) is 0.871. The molecule has 2 rings (SSSR count). The van der Waals surface area contributed by atoms with Gasteiger partial charge in [-0.1, -0.05) is 0 Å². The van der Waals surface area contributed by atoms with Gasteiger partial charge in [-0.25, -0.2) is 0 Å². The zero-order valence-corrected chi connectivity index (χ0v) is 9.17. The Morgan fingerprint density at radius 3 is 2.69 bits per heavy atom. The molecular weight excluding hydrogens is 221 g/mol. The minimum absolute atomic E-state index is 0.122. The third-order valence-electron chi connectivity index (χ3n) is 3.84. The summed E-state index contributed by atoms with van der Waals surface area (Å²) in [6.45, 7) is 4.07. The molecule has 4 atom stereocenters. The van der Waals surface area contributed by atoms with Gasteiger partial charge in [0.15, 0.2) is 6.10 Å². The van der Waals surface area contributed by atoms with Gasteiger partial charge in [0.1, 0.15) is 0 Å². The van der Waals surface area contributed by atoms with Gasteiger partial charge in [-0.3, -0.25) is 4.90 Å². The lowest BCUT2D eigenvalue weighted by molar-refractivity contribution is -0.208. The van der Waals surface area contributed by atoms with Crippen molar-refractivity contribution in [2.45, 2.75) is 25.2 Å². The Balaban J connectivity index is 1.92. The lowest BCUT2D eigenvalue weighted by Gasteiger charge is -2.27. The van der Waals surface area contributed by atoms with Crippen LogP contribution in [0, 0.1) is 11.8 Å². The highest BCUT2D eigenvalue weighted by molar-refractivity contribution is 4.97. The molecule has 0 aromatic carbocycles. The summed E-state index contributed by atoms with van der Waals surface area (Å²) >= 11 is 0. The molecule has 2 aliphatic rings. The van der Waals surface area contributed by atoms with Crippen LogP contribution in [-0.4, -0.2) is 54.5 Å². The highest BCUT2D eigenvalue weighted by Gasteiger charge is 2.45. The molecule has 2 N–H and O–H groups in total. The van der Waals surface area contributed by atoms with Crippen LogP contribution in [0.25, 0.3) is 0 Å². The predicted octanol–water partition coefficient (Wildman–Crippen LogP) is 0.449. The fourth-order valence-corrected chi connectivity index (χ4v) is 2.82. The average Bonchev–Trinajstić information content (AvgIpc) is 2.70. The predicted molar refractivity (Wildman–Crippen MR) is 52.9 cm³/mol. The SMILES string of the molecule is CC1C2CNCC2CN1CC(O)C(F)(F)F. The van der Waals surface area contributed by atoms with E-state index in [1.54, 1.807) is 4.90 Å². The topological polar surface area (TPSA) is 35.5 Å². The largest absolute Gasteiger partial charge is 0.415 e. The van der Waals surface area contributed by atoms with Crippen LogP contribution >= 0.6 is 0 Å². The maximum absolute atomic E-state index is 12.2. The number of alkyl halides is 3. The first kappa shape index (κ1) is 12.1. The van der Waals surface area contributed by atoms with E-state index >= 15 is 0 Å². The Labute approximate surface area is 92.6 Å². The molecule has 0 amide bonds. The quantitative estimate of drug-likeness (QED) is 0.733. The number of aliphatic hydroxyl groups excluding tert-OH is 1. The highest BCUT2D eigenvalue weighted by atomic mass is 19.4. The summed E-state index contributed by atoms with van der Waals surface area (Å²) in [6.07, 6.45) is -6.72. The van der Waals surface area contributed by atoms with Crippen molar-refractivity contribution in [1.29, 1.82) is 0 Å². The standard InChI is InChI=1S/C10H17F3N2O/c1-6-8-3-14-2-7(8)4-15(6)5-9(16)10(11,12)13/h6-9,14,16H,2-5H2,1H3. The van der Waals surface area contributed by atoms with Gasteiger partial charge >= 0.3 is 6.18 Å². The molecular formula is C10H17F3N2O. The molecule has 2 fully saturated rings. The zero-order valence-electron chi connectivity index (χ0n) is 9.17. The number of halogens is 3. The molecule has 0 aromatic heterocycles. The molecule has 16 heavy (non-hydrogen) atoms. The Hall–Kier alpha value is -0.330. The first-order valence-electron chi connectivity index (χ1n) is 5.59. The van der Waals surface area contributed by atoms with Crippen molar-refractivity contribution in [2.24, 2.45) is 11.8 Å². The molecule has 3 nitrogen and oxygen atoms in total. The number of hydrogen-bond acceptors (Lipinski definition) is 3. The van der Waals surface area contributed by atoms with E-state index in [0.717, 1.165) is 13.1 Å². The van der Waals surface area contributed by atoms with Crippen molar-refractivity contribution in [3.8, 4) is 0 Å². The molecule has 0 radical (unpaired) electrons. The van der Waals surface area contributed by atoms with Gasteiger partial charge in [-0.15, -0.1) is 0 Å². The Morgan fingerprint density at radius 1 is 1.44 bits per heavy atom. The van der Waals surface area contributed by atoms with E-state index in [1.807, 2.05) is 6.92 Å². The third kappa shape index (κ3) is 2.19. The number of fused-ring (bicyclic) bond motifs is 1. The summed E-state index contributed by atoms with van der Waals surface area (Å²) < 4.78 is 36.7. The van der Waals surface area contributed by atoms with E-state index in [9.17, 15) is 13.2 Å². The molecule has 6 heteroatoms. The second-order valence-electron chi connectivity index (χ2n) is 4.83. The number of rotatable bonds is 2. The van der Waals surface area contributed by atoms with Crippen molar-refractivity contribution in [1.82, 2.24) is 10.2 Å². The summed E-state index contributed by atoms with van der Waals surface area (Å²) in [5, 5.41) is 12.3. The van der Waals surface area contributed by atoms with E-state index < -0.39 is 12.3 Å². The molecule has 0 saturated carbocycles. The van der Waals surface area contributed by atoms with Crippen molar-refractivity contribution < 1.29 is 18.3 Å². The van der Waals surface area contributed by atoms with E-state index in [2.05, 4.69) is 5.32 Å². The maximum atomic E-state index is 12.2. The summed E-state index contributed by atoms with van der Waals surface area (Å²) in [7, 11) is 0. The molecule has 2 heterocycles. The lowest BCUT2D eigenvalue weighted by Crippen LogP contribution is -2.44. The third-order valence-corrected chi connectivity index (χ3v) is 3.84. The van der Waals surface area contributed by atoms with Gasteiger partial charge in [0.05, 0.1) is 0 Å². The Kier molecular flexibility index (Phi) is 3.16. The van der Waals surface area contributed by atoms with Crippen molar-refractivity contribution in [3.63, 3.8) is 0 Å². The lowest BCUT2D eigenvalue weighted by atomic mass is 9.95. The van der Waals surface area contributed by atoms with E-state index in [1.165, 1.54) is 0 Å². The molecule has 2 saturated heterocycles. The van der Waals surface area contributed by atoms with Gasteiger partial charge in [-0.2, -0.15) is 13.2 Å². The molecule has 4 unspecified atom stereocenters. The number of nitrogens with zero attached hydrogens (tertiary/aromatic N) is 1. The number of likely N-dealkylation sites (tertiary alicyclic amines) is 1. The first-order valence-corrected chi connectivity index (χ1v) is 5.59. The molecule has 2 aliphatic heterocycles. The number of hydrogen-bond donors (Lipinski definition) is 2. The van der Waals surface area contributed by atoms with E-state index in [0.29, 0.717) is 18.4 Å². The minimum atomic E-state index is -4.50. The maximum Gasteiger partial charge on any atom is 0.415 e. The van der Waals surface area contributed by atoms with Crippen LogP contribution in [0.5, 0.6) is 0 Å². The van der Waals surface area contributed by atoms with Crippen LogP contribution in [0.2, 0.25) is 0 Å². The van der Waals surface area contributed by atoms with Crippen molar-refractivity contribution >= 4 is 0 Å². The molecule has 0 aliphatic carbocycles. The zero-order chi connectivity index (χ0) is 11.9. The number of nitrogens with one attached hydrogen (secondary N) is 1. The number of β-amino-alcohol motifs (C(OH)–C–C–N with tert-alkyl or cyclic N) is 1. The summed E-state index contributed by atoms with van der Waals surface area (Å²) in [4.78, 5) is 1.76. The fraction of sp³-hybridized carbons (Fsp3) is 1.00. The molecule has 94 valence electrons. The van der Waals surface area contributed by atoms with Gasteiger partial charge in [0.25, 0.3) is 0 Å². The van der Waals surface area contributed by atoms with Crippen molar-refractivity contribution in [3.05, 3.63) is 0 Å². The minimum Gasteiger partial charge on any atom is -0.382 e. The van der Waals surface area contributed by atoms with Crippen LogP contribution in [0.15, 0.2) is 0 Å². The smallest absolute Gasteiger partial charge is 0.382 e. The normalized spacial score (nSPS) is 37.7. The second-order valence-corrected chi connectivity index (χ2v) is 4.83. The monoisotopic (exact) mass is 238 g/mol. The van der Waals surface area contributed by atoms with Gasteiger partial charge in [-0.05, 0) is 31.8 Å². The first-order chi connectivity index (χ1) is 7.39. The van der Waals surface area contributed by atoms with Gasteiger partial charge < -0.3 is 10.4 Å². The number of aliphatic hydroxyl groups is 1. The van der Waals surface area contributed by atoms with Crippen molar-refractivity contribution in [2.75, 3.05) is 26.2 Å². The van der Waals surface area contributed by atoms with Crippen LogP contribution in [0.1, 0.15) is 6.92 Å². The highest BCUT2D eigenvalue weighted by Crippen LogP contribution is 2.33. The van der Waals surface area contributed by atoms with E-state index in [-0.39, 0.29) is 12.6 Å². The van der Waals surface area contributed by atoms with Crippen LogP contribution in [0.3, 0.4) is 0 Å². The van der Waals surface area contributed by atoms with E-state index in [4.69, 9.17) is 5.11 Å². The van der Waals surface area contributed by atoms with Crippen LogP contribution in [0.4, 0.5) is 13.2 Å². The molecule has 0 bridgehead atoms. The fourth-order valence-electron chi connectivity index (χ4n) is 2.82. The summed E-state index contributed by atoms with van der Waals surface area (Å²) in [6, 6.07) is 0.122. The molecule has 0 aromatic rings. The van der Waals surface area contributed by atoms with Gasteiger partial charge in [0, 0.05) is 19.1 Å². The molecule has 0 spiro atoms. The Bertz CT molecular complexity index is 259. The summed E-state index contributed by atoms with van der Waals surface area (Å²) in [5.41, 5.74) is 0. The Morgan fingerprint density at radius 2 is 2.12 bits per heavy atom. The average molecular weight is 238 g/mol.